The van der Waals surface area contributed by atoms with Gasteiger partial charge in [0.2, 0.25) is 5.91 Å². The first kappa shape index (κ1) is 13.2. The molecule has 0 aromatic carbocycles. The molecule has 0 aliphatic carbocycles. The summed E-state index contributed by atoms with van der Waals surface area (Å²) in [4.78, 5) is 15.8. The summed E-state index contributed by atoms with van der Waals surface area (Å²) < 4.78 is 0. The van der Waals surface area contributed by atoms with Crippen LogP contribution in [0.25, 0.3) is 0 Å². The summed E-state index contributed by atoms with van der Waals surface area (Å²) in [5.41, 5.74) is 0.939. The van der Waals surface area contributed by atoms with Crippen LogP contribution in [-0.2, 0) is 4.79 Å². The molecule has 17 heavy (non-hydrogen) atoms. The van der Waals surface area contributed by atoms with Crippen LogP contribution in [0.2, 0.25) is 0 Å². The van der Waals surface area contributed by atoms with E-state index in [9.17, 15) is 4.79 Å². The standard InChI is InChI=1S/C13H17N3O/c1-3-5-11(8-14)13(17)16-10(2)12-6-4-7-15-9-12/h4,6-7,9-11H,3,5H2,1-2H3,(H,16,17). The van der Waals surface area contributed by atoms with Gasteiger partial charge in [0.05, 0.1) is 12.1 Å². The average molecular weight is 231 g/mol. The predicted octanol–water partition coefficient (Wildman–Crippen LogP) is 2.20. The Kier molecular flexibility index (Phi) is 5.15. The van der Waals surface area contributed by atoms with Gasteiger partial charge in [0.25, 0.3) is 0 Å². The molecule has 2 unspecified atom stereocenters. The first-order valence-corrected chi connectivity index (χ1v) is 5.79. The first-order chi connectivity index (χ1) is 8.19. The highest BCUT2D eigenvalue weighted by molar-refractivity contribution is 5.81. The fourth-order valence-corrected chi connectivity index (χ4v) is 1.57. The maximum Gasteiger partial charge on any atom is 0.237 e. The molecule has 2 atom stereocenters. The Morgan fingerprint density at radius 2 is 2.41 bits per heavy atom. The Bertz CT molecular complexity index is 397. The first-order valence-electron chi connectivity index (χ1n) is 5.79. The minimum Gasteiger partial charge on any atom is -0.348 e. The molecule has 0 aliphatic heterocycles. The highest BCUT2D eigenvalue weighted by Gasteiger charge is 2.18. The van der Waals surface area contributed by atoms with Gasteiger partial charge >= 0.3 is 0 Å². The molecule has 0 spiro atoms. The number of carbonyl (C=O) groups excluding carboxylic acids is 1. The SMILES string of the molecule is CCCC(C#N)C(=O)NC(C)c1cccnc1. The Morgan fingerprint density at radius 1 is 1.65 bits per heavy atom. The van der Waals surface area contributed by atoms with Crippen LogP contribution >= 0.6 is 0 Å². The molecule has 4 heteroatoms. The van der Waals surface area contributed by atoms with E-state index in [4.69, 9.17) is 5.26 Å². The number of hydrogen-bond acceptors (Lipinski definition) is 3. The molecule has 90 valence electrons. The van der Waals surface area contributed by atoms with Crippen molar-refractivity contribution in [2.45, 2.75) is 32.7 Å². The minimum atomic E-state index is -0.556. The topological polar surface area (TPSA) is 65.8 Å². The number of nitrogens with zero attached hydrogens (tertiary/aromatic N) is 2. The second-order valence-corrected chi connectivity index (χ2v) is 3.99. The molecule has 0 radical (unpaired) electrons. The Balaban J connectivity index is 2.60. The van der Waals surface area contributed by atoms with E-state index in [0.717, 1.165) is 12.0 Å². The lowest BCUT2D eigenvalue weighted by Gasteiger charge is -2.16. The van der Waals surface area contributed by atoms with Crippen molar-refractivity contribution in [1.29, 1.82) is 5.26 Å². The smallest absolute Gasteiger partial charge is 0.237 e. The van der Waals surface area contributed by atoms with E-state index < -0.39 is 5.92 Å². The van der Waals surface area contributed by atoms with Crippen molar-refractivity contribution in [2.75, 3.05) is 0 Å². The molecule has 0 saturated heterocycles. The van der Waals surface area contributed by atoms with Gasteiger partial charge in [-0.2, -0.15) is 5.26 Å². The highest BCUT2D eigenvalue weighted by Crippen LogP contribution is 2.12. The lowest BCUT2D eigenvalue weighted by molar-refractivity contribution is -0.124. The summed E-state index contributed by atoms with van der Waals surface area (Å²) in [5.74, 6) is -0.759. The average Bonchev–Trinajstić information content (AvgIpc) is 2.36. The molecule has 1 aromatic heterocycles. The van der Waals surface area contributed by atoms with Crippen LogP contribution in [0, 0.1) is 17.2 Å². The summed E-state index contributed by atoms with van der Waals surface area (Å²) in [5, 5.41) is 11.7. The van der Waals surface area contributed by atoms with Crippen LogP contribution < -0.4 is 5.32 Å². The second kappa shape index (κ2) is 6.64. The fraction of sp³-hybridized carbons (Fsp3) is 0.462. The number of amides is 1. The van der Waals surface area contributed by atoms with Crippen molar-refractivity contribution >= 4 is 5.91 Å². The third-order valence-corrected chi connectivity index (χ3v) is 2.59. The van der Waals surface area contributed by atoms with Crippen molar-refractivity contribution < 1.29 is 4.79 Å². The zero-order chi connectivity index (χ0) is 12.7. The summed E-state index contributed by atoms with van der Waals surface area (Å²) in [6.07, 6.45) is 4.83. The van der Waals surface area contributed by atoms with E-state index in [1.807, 2.05) is 32.0 Å². The highest BCUT2D eigenvalue weighted by atomic mass is 16.1. The monoisotopic (exact) mass is 231 g/mol. The predicted molar refractivity (Wildman–Crippen MR) is 64.8 cm³/mol. The summed E-state index contributed by atoms with van der Waals surface area (Å²) in [6, 6.07) is 5.64. The van der Waals surface area contributed by atoms with Gasteiger partial charge in [-0.3, -0.25) is 9.78 Å². The number of nitrogens with one attached hydrogen (secondary N) is 1. The lowest BCUT2D eigenvalue weighted by atomic mass is 10.0. The molecule has 0 fully saturated rings. The van der Waals surface area contributed by atoms with Crippen LogP contribution in [0.3, 0.4) is 0 Å². The van der Waals surface area contributed by atoms with Gasteiger partial charge in [-0.15, -0.1) is 0 Å². The molecule has 0 saturated carbocycles. The number of rotatable bonds is 5. The Hall–Kier alpha value is -1.89. The molecule has 1 heterocycles. The number of pyridine rings is 1. The number of carbonyl (C=O) groups is 1. The van der Waals surface area contributed by atoms with Gasteiger partial charge in [0, 0.05) is 12.4 Å². The zero-order valence-corrected chi connectivity index (χ0v) is 10.2. The third kappa shape index (κ3) is 3.87. The Labute approximate surface area is 102 Å². The molecular weight excluding hydrogens is 214 g/mol. The summed E-state index contributed by atoms with van der Waals surface area (Å²) >= 11 is 0. The van der Waals surface area contributed by atoms with E-state index in [2.05, 4.69) is 10.3 Å². The second-order valence-electron chi connectivity index (χ2n) is 3.99. The van der Waals surface area contributed by atoms with Gasteiger partial charge in [-0.05, 0) is 25.0 Å². The maximum absolute atomic E-state index is 11.8. The van der Waals surface area contributed by atoms with Crippen LogP contribution in [-0.4, -0.2) is 10.9 Å². The molecule has 1 N–H and O–H groups in total. The van der Waals surface area contributed by atoms with Gasteiger partial charge in [-0.1, -0.05) is 19.4 Å². The number of nitriles is 1. The van der Waals surface area contributed by atoms with Crippen LogP contribution in [0.1, 0.15) is 38.3 Å². The lowest BCUT2D eigenvalue weighted by Crippen LogP contribution is -2.32. The molecule has 0 bridgehead atoms. The van der Waals surface area contributed by atoms with Gasteiger partial charge < -0.3 is 5.32 Å². The largest absolute Gasteiger partial charge is 0.348 e. The van der Waals surface area contributed by atoms with Crippen LogP contribution in [0.5, 0.6) is 0 Å². The minimum absolute atomic E-state index is 0.121. The normalized spacial score (nSPS) is 13.5. The van der Waals surface area contributed by atoms with Crippen molar-refractivity contribution in [3.63, 3.8) is 0 Å². The van der Waals surface area contributed by atoms with Gasteiger partial charge in [0.15, 0.2) is 0 Å². The van der Waals surface area contributed by atoms with Crippen LogP contribution in [0.15, 0.2) is 24.5 Å². The summed E-state index contributed by atoms with van der Waals surface area (Å²) in [6.45, 7) is 3.84. The molecule has 1 aromatic rings. The van der Waals surface area contributed by atoms with Gasteiger partial charge in [-0.25, -0.2) is 0 Å². The van der Waals surface area contributed by atoms with Crippen molar-refractivity contribution in [1.82, 2.24) is 10.3 Å². The third-order valence-electron chi connectivity index (χ3n) is 2.59. The van der Waals surface area contributed by atoms with E-state index in [0.29, 0.717) is 6.42 Å². The van der Waals surface area contributed by atoms with Crippen molar-refractivity contribution in [3.05, 3.63) is 30.1 Å². The van der Waals surface area contributed by atoms with Gasteiger partial charge in [0.1, 0.15) is 5.92 Å². The molecule has 0 aliphatic rings. The summed E-state index contributed by atoms with van der Waals surface area (Å²) in [7, 11) is 0. The molecule has 1 rings (SSSR count). The molecule has 1 amide bonds. The number of hydrogen-bond donors (Lipinski definition) is 1. The fourth-order valence-electron chi connectivity index (χ4n) is 1.57. The molecule has 4 nitrogen and oxygen atoms in total. The quantitative estimate of drug-likeness (QED) is 0.844. The van der Waals surface area contributed by atoms with E-state index in [1.165, 1.54) is 0 Å². The zero-order valence-electron chi connectivity index (χ0n) is 10.2. The molecular formula is C13H17N3O. The number of aromatic nitrogens is 1. The van der Waals surface area contributed by atoms with E-state index >= 15 is 0 Å². The maximum atomic E-state index is 11.8. The van der Waals surface area contributed by atoms with Crippen molar-refractivity contribution in [2.24, 2.45) is 5.92 Å². The van der Waals surface area contributed by atoms with E-state index in [-0.39, 0.29) is 11.9 Å². The van der Waals surface area contributed by atoms with Crippen molar-refractivity contribution in [3.8, 4) is 6.07 Å². The van der Waals surface area contributed by atoms with E-state index in [1.54, 1.807) is 12.4 Å². The van der Waals surface area contributed by atoms with Crippen LogP contribution in [0.4, 0.5) is 0 Å². The Morgan fingerprint density at radius 3 is 2.94 bits per heavy atom.